The summed E-state index contributed by atoms with van der Waals surface area (Å²) < 4.78 is 30.4. The van der Waals surface area contributed by atoms with Crippen LogP contribution in [0, 0.1) is 0 Å². The standard InChI is InChI=1S/C25H25BN2O5S/c1-17(18-7-9-20(10-8-18)24(29)27-15-16-34(31,32)33)23(19-5-3-2-4-6-19)25(30)28-22-13-11-21(26)12-14-22/h2-14,17,23H,15-16H2,1H3,(H,27,29)(H,28,30)(H,31,32,33)/t17?,23-/m0/s1. The third-order valence-electron chi connectivity index (χ3n) is 5.46. The average molecular weight is 476 g/mol. The van der Waals surface area contributed by atoms with Gasteiger partial charge >= 0.3 is 0 Å². The molecule has 34 heavy (non-hydrogen) atoms. The number of carbonyl (C=O) groups excluding carboxylic acids is 2. The summed E-state index contributed by atoms with van der Waals surface area (Å²) >= 11 is 0. The van der Waals surface area contributed by atoms with E-state index in [1.807, 2.05) is 37.3 Å². The fourth-order valence-corrected chi connectivity index (χ4v) is 4.00. The predicted molar refractivity (Wildman–Crippen MR) is 133 cm³/mol. The van der Waals surface area contributed by atoms with Crippen LogP contribution in [0.3, 0.4) is 0 Å². The number of carbonyl (C=O) groups is 2. The molecule has 0 aromatic heterocycles. The Morgan fingerprint density at radius 2 is 1.53 bits per heavy atom. The molecule has 174 valence electrons. The lowest BCUT2D eigenvalue weighted by Crippen LogP contribution is -2.29. The van der Waals surface area contributed by atoms with Crippen LogP contribution in [-0.2, 0) is 14.9 Å². The minimum atomic E-state index is -4.15. The van der Waals surface area contributed by atoms with Gasteiger partial charge in [0, 0.05) is 17.8 Å². The summed E-state index contributed by atoms with van der Waals surface area (Å²) in [6.45, 7) is 1.75. The number of rotatable bonds is 9. The molecule has 2 amide bonds. The third kappa shape index (κ3) is 7.03. The van der Waals surface area contributed by atoms with Crippen molar-refractivity contribution < 1.29 is 22.6 Å². The maximum atomic E-state index is 13.3. The summed E-state index contributed by atoms with van der Waals surface area (Å²) in [6.07, 6.45) is 0. The summed E-state index contributed by atoms with van der Waals surface area (Å²) in [5, 5.41) is 5.41. The first kappa shape index (κ1) is 25.2. The van der Waals surface area contributed by atoms with Gasteiger partial charge in [-0.1, -0.05) is 67.0 Å². The van der Waals surface area contributed by atoms with Gasteiger partial charge in [-0.05, 0) is 41.3 Å². The molecule has 0 saturated carbocycles. The van der Waals surface area contributed by atoms with Crippen molar-refractivity contribution in [1.29, 1.82) is 0 Å². The van der Waals surface area contributed by atoms with E-state index >= 15 is 0 Å². The minimum absolute atomic E-state index is 0.171. The monoisotopic (exact) mass is 476 g/mol. The lowest BCUT2D eigenvalue weighted by Gasteiger charge is -2.24. The first-order valence-corrected chi connectivity index (χ1v) is 12.3. The Labute approximate surface area is 200 Å². The van der Waals surface area contributed by atoms with Gasteiger partial charge in [-0.3, -0.25) is 14.1 Å². The Hall–Kier alpha value is -3.43. The quantitative estimate of drug-likeness (QED) is 0.325. The van der Waals surface area contributed by atoms with E-state index < -0.39 is 27.7 Å². The van der Waals surface area contributed by atoms with E-state index in [4.69, 9.17) is 12.4 Å². The zero-order valence-electron chi connectivity index (χ0n) is 18.6. The van der Waals surface area contributed by atoms with Crippen molar-refractivity contribution in [2.24, 2.45) is 0 Å². The van der Waals surface area contributed by atoms with Crippen molar-refractivity contribution in [3.05, 3.63) is 95.6 Å². The highest BCUT2D eigenvalue weighted by atomic mass is 32.2. The summed E-state index contributed by atoms with van der Waals surface area (Å²) in [4.78, 5) is 25.6. The van der Waals surface area contributed by atoms with Gasteiger partial charge in [0.25, 0.3) is 16.0 Å². The lowest BCUT2D eigenvalue weighted by atomic mass is 9.81. The molecular formula is C25H25BN2O5S. The lowest BCUT2D eigenvalue weighted by molar-refractivity contribution is -0.118. The SMILES string of the molecule is [B]c1ccc(NC(=O)[C@H](c2ccccc2)C(C)c2ccc(C(=O)NCCS(=O)(=O)O)cc2)cc1. The van der Waals surface area contributed by atoms with Crippen LogP contribution in [0.1, 0.15) is 40.2 Å². The molecule has 0 aliphatic carbocycles. The number of amides is 2. The highest BCUT2D eigenvalue weighted by Gasteiger charge is 2.28. The Morgan fingerprint density at radius 3 is 2.12 bits per heavy atom. The van der Waals surface area contributed by atoms with Crippen LogP contribution in [0.4, 0.5) is 5.69 Å². The van der Waals surface area contributed by atoms with Gasteiger partial charge in [-0.15, -0.1) is 0 Å². The second-order valence-electron chi connectivity index (χ2n) is 7.95. The van der Waals surface area contributed by atoms with Gasteiger partial charge in [-0.2, -0.15) is 8.42 Å². The molecule has 1 unspecified atom stereocenters. The Bertz CT molecular complexity index is 1230. The summed E-state index contributed by atoms with van der Waals surface area (Å²) in [5.74, 6) is -1.89. The molecule has 3 rings (SSSR count). The maximum absolute atomic E-state index is 13.3. The maximum Gasteiger partial charge on any atom is 0.266 e. The molecule has 3 aromatic carbocycles. The molecule has 0 bridgehead atoms. The number of anilines is 1. The summed E-state index contributed by atoms with van der Waals surface area (Å²) in [6, 6.07) is 23.2. The molecule has 0 saturated heterocycles. The van der Waals surface area contributed by atoms with E-state index in [0.717, 1.165) is 11.1 Å². The van der Waals surface area contributed by atoms with Crippen LogP contribution < -0.4 is 16.1 Å². The first-order chi connectivity index (χ1) is 16.1. The molecule has 9 heteroatoms. The van der Waals surface area contributed by atoms with Gasteiger partial charge in [0.15, 0.2) is 0 Å². The van der Waals surface area contributed by atoms with Crippen LogP contribution in [-0.4, -0.2) is 44.9 Å². The van der Waals surface area contributed by atoms with E-state index in [0.29, 0.717) is 16.7 Å². The fourth-order valence-electron chi connectivity index (χ4n) is 3.64. The van der Waals surface area contributed by atoms with E-state index in [1.54, 1.807) is 48.5 Å². The van der Waals surface area contributed by atoms with Crippen LogP contribution in [0.15, 0.2) is 78.9 Å². The molecule has 0 heterocycles. The van der Waals surface area contributed by atoms with Gasteiger partial charge in [-0.25, -0.2) is 0 Å². The fraction of sp³-hybridized carbons (Fsp3) is 0.200. The van der Waals surface area contributed by atoms with Crippen molar-refractivity contribution in [2.75, 3.05) is 17.6 Å². The smallest absolute Gasteiger partial charge is 0.266 e. The molecule has 3 N–H and O–H groups in total. The van der Waals surface area contributed by atoms with Crippen LogP contribution in [0.25, 0.3) is 0 Å². The second-order valence-corrected chi connectivity index (χ2v) is 9.52. The number of nitrogens with one attached hydrogen (secondary N) is 2. The van der Waals surface area contributed by atoms with E-state index in [-0.39, 0.29) is 18.4 Å². The average Bonchev–Trinajstić information content (AvgIpc) is 2.80. The molecule has 7 nitrogen and oxygen atoms in total. The zero-order chi connectivity index (χ0) is 24.7. The summed E-state index contributed by atoms with van der Waals surface area (Å²) in [7, 11) is 1.59. The number of benzene rings is 3. The highest BCUT2D eigenvalue weighted by molar-refractivity contribution is 7.85. The van der Waals surface area contributed by atoms with Gasteiger partial charge in [0.1, 0.15) is 7.85 Å². The molecule has 0 aliphatic heterocycles. The van der Waals surface area contributed by atoms with E-state index in [1.165, 1.54) is 0 Å². The Kier molecular flexibility index (Phi) is 8.25. The second kappa shape index (κ2) is 11.1. The molecule has 2 radical (unpaired) electrons. The van der Waals surface area contributed by atoms with Gasteiger partial charge in [0.2, 0.25) is 5.91 Å². The minimum Gasteiger partial charge on any atom is -0.351 e. The third-order valence-corrected chi connectivity index (χ3v) is 6.18. The predicted octanol–water partition coefficient (Wildman–Crippen LogP) is 2.62. The molecule has 0 fully saturated rings. The largest absolute Gasteiger partial charge is 0.351 e. The first-order valence-electron chi connectivity index (χ1n) is 10.7. The van der Waals surface area contributed by atoms with E-state index in [2.05, 4.69) is 10.6 Å². The van der Waals surface area contributed by atoms with Gasteiger partial charge in [0.05, 0.1) is 11.7 Å². The van der Waals surface area contributed by atoms with E-state index in [9.17, 15) is 18.0 Å². The Balaban J connectivity index is 1.78. The zero-order valence-corrected chi connectivity index (χ0v) is 19.5. The topological polar surface area (TPSA) is 113 Å². The van der Waals surface area contributed by atoms with Crippen molar-refractivity contribution in [2.45, 2.75) is 18.8 Å². The van der Waals surface area contributed by atoms with Crippen molar-refractivity contribution in [1.82, 2.24) is 5.32 Å². The summed E-state index contributed by atoms with van der Waals surface area (Å²) in [5.41, 5.74) is 3.30. The van der Waals surface area contributed by atoms with Crippen molar-refractivity contribution >= 4 is 40.9 Å². The van der Waals surface area contributed by atoms with Crippen LogP contribution in [0.2, 0.25) is 0 Å². The van der Waals surface area contributed by atoms with Crippen LogP contribution >= 0.6 is 0 Å². The highest BCUT2D eigenvalue weighted by Crippen LogP contribution is 2.34. The Morgan fingerprint density at radius 1 is 0.912 bits per heavy atom. The molecule has 0 spiro atoms. The molecular weight excluding hydrogens is 451 g/mol. The molecule has 2 atom stereocenters. The van der Waals surface area contributed by atoms with Crippen LogP contribution in [0.5, 0.6) is 0 Å². The van der Waals surface area contributed by atoms with Crippen molar-refractivity contribution in [3.8, 4) is 0 Å². The van der Waals surface area contributed by atoms with Gasteiger partial charge < -0.3 is 10.6 Å². The number of hydrogen-bond acceptors (Lipinski definition) is 4. The van der Waals surface area contributed by atoms with Crippen molar-refractivity contribution in [3.63, 3.8) is 0 Å². The molecule has 3 aromatic rings. The number of hydrogen-bond donors (Lipinski definition) is 3. The molecule has 0 aliphatic rings. The normalized spacial score (nSPS) is 13.0.